The molecule has 0 saturated carbocycles. The van der Waals surface area contributed by atoms with Gasteiger partial charge in [-0.15, -0.1) is 0 Å². The zero-order chi connectivity index (χ0) is 20.2. The summed E-state index contributed by atoms with van der Waals surface area (Å²) >= 11 is 0. The van der Waals surface area contributed by atoms with E-state index in [1.54, 1.807) is 26.4 Å². The van der Waals surface area contributed by atoms with E-state index < -0.39 is 6.10 Å². The molecule has 1 heterocycles. The van der Waals surface area contributed by atoms with Crippen LogP contribution >= 0.6 is 0 Å². The van der Waals surface area contributed by atoms with Crippen molar-refractivity contribution in [2.24, 2.45) is 0 Å². The fourth-order valence-corrected chi connectivity index (χ4v) is 3.24. The molecule has 5 nitrogen and oxygen atoms in total. The summed E-state index contributed by atoms with van der Waals surface area (Å²) < 4.78 is 22.3. The van der Waals surface area contributed by atoms with Crippen LogP contribution in [0.25, 0.3) is 0 Å². The van der Waals surface area contributed by atoms with Gasteiger partial charge in [0.05, 0.1) is 19.8 Å². The summed E-state index contributed by atoms with van der Waals surface area (Å²) in [7, 11) is 3.19. The molecular weight excluding hydrogens is 368 g/mol. The molecule has 2 unspecified atom stereocenters. The van der Waals surface area contributed by atoms with E-state index in [9.17, 15) is 4.79 Å². The Labute approximate surface area is 169 Å². The van der Waals surface area contributed by atoms with Gasteiger partial charge in [0.15, 0.2) is 11.9 Å². The molecule has 0 N–H and O–H groups in total. The van der Waals surface area contributed by atoms with Crippen LogP contribution in [0.5, 0.6) is 17.2 Å². The minimum Gasteiger partial charge on any atom is -0.497 e. The van der Waals surface area contributed by atoms with Crippen LogP contribution in [0.2, 0.25) is 0 Å². The topological polar surface area (TPSA) is 57.3 Å². The second kappa shape index (κ2) is 8.37. The van der Waals surface area contributed by atoms with Crippen LogP contribution in [0.15, 0.2) is 72.8 Å². The van der Waals surface area contributed by atoms with Crippen LogP contribution in [0, 0.1) is 0 Å². The highest BCUT2D eigenvalue weighted by molar-refractivity contribution is 6.03. The minimum absolute atomic E-state index is 0.0968. The maximum absolute atomic E-state index is 13.1. The average molecular weight is 390 g/mol. The lowest BCUT2D eigenvalue weighted by molar-refractivity contribution is 0.0949. The number of hydrogen-bond donors (Lipinski definition) is 0. The fraction of sp³-hybridized carbons (Fsp3) is 0.208. The average Bonchev–Trinajstić information content (AvgIpc) is 3.59. The predicted molar refractivity (Wildman–Crippen MR) is 109 cm³/mol. The largest absolute Gasteiger partial charge is 0.497 e. The van der Waals surface area contributed by atoms with E-state index in [1.165, 1.54) is 0 Å². The Balaban J connectivity index is 1.50. The molecule has 148 valence electrons. The van der Waals surface area contributed by atoms with Gasteiger partial charge in [-0.25, -0.2) is 0 Å². The molecule has 0 aromatic heterocycles. The Morgan fingerprint density at radius 2 is 1.55 bits per heavy atom. The lowest BCUT2D eigenvalue weighted by Crippen LogP contribution is -2.11. The number of ether oxygens (including phenoxy) is 4. The molecular formula is C24H22O5. The van der Waals surface area contributed by atoms with Gasteiger partial charge in [0.25, 0.3) is 0 Å². The van der Waals surface area contributed by atoms with Crippen molar-refractivity contribution in [2.75, 3.05) is 14.2 Å². The van der Waals surface area contributed by atoms with Crippen LogP contribution in [-0.4, -0.2) is 26.1 Å². The second-order valence-corrected chi connectivity index (χ2v) is 6.76. The quantitative estimate of drug-likeness (QED) is 0.415. The van der Waals surface area contributed by atoms with Gasteiger partial charge in [-0.2, -0.15) is 0 Å². The maximum atomic E-state index is 13.1. The number of para-hydroxylation sites is 1. The summed E-state index contributed by atoms with van der Waals surface area (Å²) in [5.41, 5.74) is 2.41. The van der Waals surface area contributed by atoms with Crippen molar-refractivity contribution in [3.63, 3.8) is 0 Å². The van der Waals surface area contributed by atoms with Gasteiger partial charge < -0.3 is 18.9 Å². The third-order valence-corrected chi connectivity index (χ3v) is 4.84. The van der Waals surface area contributed by atoms with Crippen molar-refractivity contribution in [3.8, 4) is 17.2 Å². The monoisotopic (exact) mass is 390 g/mol. The van der Waals surface area contributed by atoms with Gasteiger partial charge in [0, 0.05) is 6.07 Å². The summed E-state index contributed by atoms with van der Waals surface area (Å²) in [5, 5.41) is 0. The number of hydrogen-bond acceptors (Lipinski definition) is 5. The summed E-state index contributed by atoms with van der Waals surface area (Å²) in [6, 6.07) is 22.6. The standard InChI is InChI=1S/C24H22O5/c1-26-18-12-17(13-19(14-18)27-2)23-24(29-23)22(25)20-10-6-7-11-21(20)28-15-16-8-4-3-5-9-16/h3-14,23-24H,15H2,1-2H3. The molecule has 1 aliphatic heterocycles. The van der Waals surface area contributed by atoms with Crippen molar-refractivity contribution in [2.45, 2.75) is 18.8 Å². The lowest BCUT2D eigenvalue weighted by Gasteiger charge is -2.10. The Kier molecular flexibility index (Phi) is 5.49. The first-order valence-electron chi connectivity index (χ1n) is 9.38. The predicted octanol–water partition coefficient (Wildman–Crippen LogP) is 4.61. The van der Waals surface area contributed by atoms with Gasteiger partial charge in [-0.1, -0.05) is 42.5 Å². The summed E-state index contributed by atoms with van der Waals surface area (Å²) in [4.78, 5) is 13.1. The molecule has 3 aromatic carbocycles. The molecule has 1 aliphatic rings. The van der Waals surface area contributed by atoms with Gasteiger partial charge in [0.2, 0.25) is 0 Å². The zero-order valence-electron chi connectivity index (χ0n) is 16.3. The highest BCUT2D eigenvalue weighted by Gasteiger charge is 2.47. The molecule has 2 atom stereocenters. The summed E-state index contributed by atoms with van der Waals surface area (Å²) in [6.45, 7) is 0.396. The third kappa shape index (κ3) is 4.25. The Morgan fingerprint density at radius 1 is 0.897 bits per heavy atom. The normalized spacial score (nSPS) is 17.4. The van der Waals surface area contributed by atoms with Gasteiger partial charge >= 0.3 is 0 Å². The molecule has 3 aromatic rings. The van der Waals surface area contributed by atoms with E-state index in [0.717, 1.165) is 11.1 Å². The van der Waals surface area contributed by atoms with Crippen LogP contribution in [0.3, 0.4) is 0 Å². The second-order valence-electron chi connectivity index (χ2n) is 6.76. The van der Waals surface area contributed by atoms with Crippen molar-refractivity contribution < 1.29 is 23.7 Å². The first kappa shape index (κ1) is 19.0. The first-order chi connectivity index (χ1) is 14.2. The number of epoxide rings is 1. The van der Waals surface area contributed by atoms with Gasteiger partial charge in [-0.05, 0) is 35.4 Å². The number of ketones is 1. The van der Waals surface area contributed by atoms with E-state index in [4.69, 9.17) is 18.9 Å². The Morgan fingerprint density at radius 3 is 2.24 bits per heavy atom. The van der Waals surface area contributed by atoms with Gasteiger partial charge in [-0.3, -0.25) is 4.79 Å². The molecule has 0 radical (unpaired) electrons. The number of Topliss-reactive ketones (excluding diaryl/α,β-unsaturated/α-hetero) is 1. The van der Waals surface area contributed by atoms with Crippen LogP contribution < -0.4 is 14.2 Å². The number of benzene rings is 3. The molecule has 1 saturated heterocycles. The molecule has 0 spiro atoms. The number of carbonyl (C=O) groups excluding carboxylic acids is 1. The van der Waals surface area contributed by atoms with E-state index in [0.29, 0.717) is 29.4 Å². The molecule has 0 aliphatic carbocycles. The fourth-order valence-electron chi connectivity index (χ4n) is 3.24. The van der Waals surface area contributed by atoms with Crippen LogP contribution in [0.4, 0.5) is 0 Å². The van der Waals surface area contributed by atoms with Crippen molar-refractivity contribution in [1.29, 1.82) is 0 Å². The Bertz CT molecular complexity index is 977. The zero-order valence-corrected chi connectivity index (χ0v) is 16.3. The van der Waals surface area contributed by atoms with Crippen molar-refractivity contribution in [3.05, 3.63) is 89.5 Å². The smallest absolute Gasteiger partial charge is 0.198 e. The molecule has 0 bridgehead atoms. The summed E-state index contributed by atoms with van der Waals surface area (Å²) in [6.07, 6.45) is -0.873. The van der Waals surface area contributed by atoms with Crippen molar-refractivity contribution >= 4 is 5.78 Å². The molecule has 4 rings (SSSR count). The lowest BCUT2D eigenvalue weighted by atomic mass is 10.0. The van der Waals surface area contributed by atoms with E-state index in [-0.39, 0.29) is 11.9 Å². The highest BCUT2D eigenvalue weighted by Crippen LogP contribution is 2.44. The first-order valence-corrected chi connectivity index (χ1v) is 9.38. The molecule has 1 fully saturated rings. The molecule has 0 amide bonds. The molecule has 5 heteroatoms. The van der Waals surface area contributed by atoms with E-state index in [2.05, 4.69) is 0 Å². The van der Waals surface area contributed by atoms with Crippen LogP contribution in [0.1, 0.15) is 27.6 Å². The maximum Gasteiger partial charge on any atom is 0.198 e. The molecule has 29 heavy (non-hydrogen) atoms. The Hall–Kier alpha value is -3.31. The number of carbonyl (C=O) groups is 1. The van der Waals surface area contributed by atoms with Crippen LogP contribution in [-0.2, 0) is 11.3 Å². The summed E-state index contributed by atoms with van der Waals surface area (Å²) in [5.74, 6) is 1.78. The van der Waals surface area contributed by atoms with E-state index >= 15 is 0 Å². The SMILES string of the molecule is COc1cc(OC)cc(C2OC2C(=O)c2ccccc2OCc2ccccc2)c1. The minimum atomic E-state index is -0.548. The number of rotatable bonds is 8. The van der Waals surface area contributed by atoms with Crippen molar-refractivity contribution in [1.82, 2.24) is 0 Å². The third-order valence-electron chi connectivity index (χ3n) is 4.84. The van der Waals surface area contributed by atoms with Gasteiger partial charge in [0.1, 0.15) is 30.0 Å². The van der Waals surface area contributed by atoms with E-state index in [1.807, 2.05) is 60.7 Å². The highest BCUT2D eigenvalue weighted by atomic mass is 16.6. The number of methoxy groups -OCH3 is 2.